The Morgan fingerprint density at radius 1 is 1.20 bits per heavy atom. The van der Waals surface area contributed by atoms with E-state index >= 15 is 0 Å². The van der Waals surface area contributed by atoms with Crippen molar-refractivity contribution in [1.82, 2.24) is 4.57 Å². The molecule has 0 saturated heterocycles. The number of hydrogen-bond acceptors (Lipinski definition) is 2. The molecule has 0 bridgehead atoms. The van der Waals surface area contributed by atoms with Gasteiger partial charge in [0.05, 0.1) is 5.69 Å². The van der Waals surface area contributed by atoms with Crippen molar-refractivity contribution in [2.24, 2.45) is 0 Å². The molecule has 0 amide bonds. The summed E-state index contributed by atoms with van der Waals surface area (Å²) in [4.78, 5) is 11.6. The van der Waals surface area contributed by atoms with Crippen LogP contribution in [0.2, 0.25) is 0 Å². The Morgan fingerprint density at radius 2 is 1.95 bits per heavy atom. The Kier molecular flexibility index (Phi) is 4.28. The summed E-state index contributed by atoms with van der Waals surface area (Å²) >= 11 is 0. The Labute approximate surface area is 120 Å². The molecule has 2 aromatic rings. The average Bonchev–Trinajstić information content (AvgIpc) is 2.43. The molecule has 0 aliphatic carbocycles. The van der Waals surface area contributed by atoms with Crippen LogP contribution in [-0.2, 0) is 6.54 Å². The molecule has 1 atom stereocenters. The summed E-state index contributed by atoms with van der Waals surface area (Å²) in [6, 6.07) is 10.1. The van der Waals surface area contributed by atoms with Gasteiger partial charge in [0.15, 0.2) is 0 Å². The fraction of sp³-hybridized carbons (Fsp3) is 0.353. The molecule has 3 heteroatoms. The number of anilines is 1. The molecule has 1 aromatic carbocycles. The first-order chi connectivity index (χ1) is 9.51. The van der Waals surface area contributed by atoms with Crippen molar-refractivity contribution >= 4 is 5.69 Å². The van der Waals surface area contributed by atoms with Gasteiger partial charge in [-0.05, 0) is 44.9 Å². The van der Waals surface area contributed by atoms with Gasteiger partial charge in [0.1, 0.15) is 0 Å². The lowest BCUT2D eigenvalue weighted by atomic mass is 10.00. The predicted octanol–water partition coefficient (Wildman–Crippen LogP) is 3.66. The molecule has 106 valence electrons. The maximum Gasteiger partial charge on any atom is 0.250 e. The van der Waals surface area contributed by atoms with E-state index in [1.807, 2.05) is 19.2 Å². The molecule has 1 unspecified atom stereocenters. The van der Waals surface area contributed by atoms with Crippen LogP contribution in [-0.4, -0.2) is 4.57 Å². The maximum atomic E-state index is 11.6. The predicted molar refractivity (Wildman–Crippen MR) is 84.3 cm³/mol. The number of nitrogens with zero attached hydrogens (tertiary/aromatic N) is 1. The molecular formula is C17H22N2O. The number of rotatable bonds is 4. The van der Waals surface area contributed by atoms with Gasteiger partial charge in [-0.15, -0.1) is 0 Å². The Hall–Kier alpha value is -2.03. The molecule has 20 heavy (non-hydrogen) atoms. The van der Waals surface area contributed by atoms with E-state index in [2.05, 4.69) is 44.3 Å². The van der Waals surface area contributed by atoms with E-state index < -0.39 is 0 Å². The number of aryl methyl sites for hydroxylation is 3. The number of hydrogen-bond donors (Lipinski definition) is 1. The SMILES string of the molecule is CCn1cc(NC(C)c2cc(C)ccc2C)ccc1=O. The molecular weight excluding hydrogens is 248 g/mol. The van der Waals surface area contributed by atoms with Crippen molar-refractivity contribution in [3.63, 3.8) is 0 Å². The van der Waals surface area contributed by atoms with Gasteiger partial charge < -0.3 is 9.88 Å². The number of aromatic nitrogens is 1. The highest BCUT2D eigenvalue weighted by Gasteiger charge is 2.09. The van der Waals surface area contributed by atoms with Crippen LogP contribution in [0.1, 0.15) is 36.6 Å². The quantitative estimate of drug-likeness (QED) is 0.920. The van der Waals surface area contributed by atoms with Crippen LogP contribution < -0.4 is 10.9 Å². The second-order valence-corrected chi connectivity index (χ2v) is 5.27. The van der Waals surface area contributed by atoms with Crippen molar-refractivity contribution in [2.45, 2.75) is 40.3 Å². The van der Waals surface area contributed by atoms with Crippen LogP contribution in [0.3, 0.4) is 0 Å². The van der Waals surface area contributed by atoms with Gasteiger partial charge in [0.2, 0.25) is 0 Å². The van der Waals surface area contributed by atoms with E-state index in [9.17, 15) is 4.79 Å². The Bertz CT molecular complexity index is 658. The Morgan fingerprint density at radius 3 is 2.65 bits per heavy atom. The van der Waals surface area contributed by atoms with Gasteiger partial charge in [0.25, 0.3) is 5.56 Å². The first-order valence-corrected chi connectivity index (χ1v) is 7.05. The monoisotopic (exact) mass is 270 g/mol. The minimum atomic E-state index is 0.0393. The van der Waals surface area contributed by atoms with Crippen LogP contribution in [0.5, 0.6) is 0 Å². The molecule has 0 aliphatic heterocycles. The topological polar surface area (TPSA) is 34.0 Å². The first-order valence-electron chi connectivity index (χ1n) is 7.05. The van der Waals surface area contributed by atoms with Crippen LogP contribution >= 0.6 is 0 Å². The fourth-order valence-corrected chi connectivity index (χ4v) is 2.42. The lowest BCUT2D eigenvalue weighted by Crippen LogP contribution is -2.18. The first kappa shape index (κ1) is 14.4. The molecule has 0 fully saturated rings. The number of nitrogens with one attached hydrogen (secondary N) is 1. The molecule has 0 aliphatic rings. The van der Waals surface area contributed by atoms with Crippen molar-refractivity contribution in [1.29, 1.82) is 0 Å². The second-order valence-electron chi connectivity index (χ2n) is 5.27. The highest BCUT2D eigenvalue weighted by Crippen LogP contribution is 2.22. The van der Waals surface area contributed by atoms with Gasteiger partial charge >= 0.3 is 0 Å². The van der Waals surface area contributed by atoms with Gasteiger partial charge in [-0.2, -0.15) is 0 Å². The van der Waals surface area contributed by atoms with Crippen molar-refractivity contribution in [2.75, 3.05) is 5.32 Å². The minimum Gasteiger partial charge on any atom is -0.377 e. The summed E-state index contributed by atoms with van der Waals surface area (Å²) < 4.78 is 1.71. The molecule has 0 radical (unpaired) electrons. The summed E-state index contributed by atoms with van der Waals surface area (Å²) in [6.07, 6.45) is 1.88. The van der Waals surface area contributed by atoms with Crippen molar-refractivity contribution in [3.8, 4) is 0 Å². The molecule has 0 saturated carbocycles. The van der Waals surface area contributed by atoms with E-state index in [0.29, 0.717) is 6.54 Å². The van der Waals surface area contributed by atoms with Crippen molar-refractivity contribution < 1.29 is 0 Å². The van der Waals surface area contributed by atoms with Crippen molar-refractivity contribution in [3.05, 3.63) is 63.6 Å². The highest BCUT2D eigenvalue weighted by atomic mass is 16.1. The zero-order valence-corrected chi connectivity index (χ0v) is 12.6. The van der Waals surface area contributed by atoms with Gasteiger partial charge in [0, 0.05) is 24.8 Å². The van der Waals surface area contributed by atoms with E-state index in [4.69, 9.17) is 0 Å². The summed E-state index contributed by atoms with van der Waals surface area (Å²) in [7, 11) is 0. The standard InChI is InChI=1S/C17H22N2O/c1-5-19-11-15(8-9-17(19)20)18-14(4)16-10-12(2)6-7-13(16)3/h6-11,14,18H,5H2,1-4H3. The summed E-state index contributed by atoms with van der Waals surface area (Å²) in [5.41, 5.74) is 4.84. The zero-order chi connectivity index (χ0) is 14.7. The van der Waals surface area contributed by atoms with E-state index in [-0.39, 0.29) is 11.6 Å². The number of pyridine rings is 1. The summed E-state index contributed by atoms with van der Waals surface area (Å²) in [6.45, 7) is 9.03. The summed E-state index contributed by atoms with van der Waals surface area (Å²) in [5, 5.41) is 3.47. The lowest BCUT2D eigenvalue weighted by molar-refractivity contribution is 0.725. The fourth-order valence-electron chi connectivity index (χ4n) is 2.42. The third-order valence-electron chi connectivity index (χ3n) is 3.61. The maximum absolute atomic E-state index is 11.6. The van der Waals surface area contributed by atoms with Crippen LogP contribution in [0, 0.1) is 13.8 Å². The molecule has 1 aromatic heterocycles. The minimum absolute atomic E-state index is 0.0393. The van der Waals surface area contributed by atoms with Crippen LogP contribution in [0.4, 0.5) is 5.69 Å². The molecule has 0 spiro atoms. The van der Waals surface area contributed by atoms with Gasteiger partial charge in [-0.25, -0.2) is 0 Å². The van der Waals surface area contributed by atoms with E-state index in [0.717, 1.165) is 5.69 Å². The summed E-state index contributed by atoms with van der Waals surface area (Å²) in [5.74, 6) is 0. The number of benzene rings is 1. The third-order valence-corrected chi connectivity index (χ3v) is 3.61. The third kappa shape index (κ3) is 3.10. The molecule has 1 heterocycles. The van der Waals surface area contributed by atoms with E-state index in [1.165, 1.54) is 16.7 Å². The van der Waals surface area contributed by atoms with Crippen LogP contribution in [0.15, 0.2) is 41.3 Å². The van der Waals surface area contributed by atoms with E-state index in [1.54, 1.807) is 10.6 Å². The highest BCUT2D eigenvalue weighted by molar-refractivity contribution is 5.45. The smallest absolute Gasteiger partial charge is 0.250 e. The van der Waals surface area contributed by atoms with Gasteiger partial charge in [-0.3, -0.25) is 4.79 Å². The zero-order valence-electron chi connectivity index (χ0n) is 12.6. The van der Waals surface area contributed by atoms with Crippen LogP contribution in [0.25, 0.3) is 0 Å². The second kappa shape index (κ2) is 5.95. The Balaban J connectivity index is 2.25. The average molecular weight is 270 g/mol. The largest absolute Gasteiger partial charge is 0.377 e. The molecule has 2 rings (SSSR count). The molecule has 3 nitrogen and oxygen atoms in total. The van der Waals surface area contributed by atoms with Gasteiger partial charge in [-0.1, -0.05) is 23.8 Å². The normalized spacial score (nSPS) is 12.2. The molecule has 1 N–H and O–H groups in total. The lowest BCUT2D eigenvalue weighted by Gasteiger charge is -2.19.